The Kier molecular flexibility index (Phi) is 8.43. The summed E-state index contributed by atoms with van der Waals surface area (Å²) in [5.74, 6) is -0.214. The molecule has 0 amide bonds. The molecule has 0 heterocycles. The van der Waals surface area contributed by atoms with E-state index >= 15 is 0 Å². The fourth-order valence-electron chi connectivity index (χ4n) is 3.18. The third-order valence-electron chi connectivity index (χ3n) is 4.77. The number of halogens is 1. The lowest BCUT2D eigenvalue weighted by molar-refractivity contribution is 0.0393. The Hall–Kier alpha value is -1.55. The van der Waals surface area contributed by atoms with Crippen LogP contribution in [0.15, 0.2) is 24.3 Å². The number of hydrogen-bond donors (Lipinski definition) is 0. The van der Waals surface area contributed by atoms with Crippen LogP contribution in [0, 0.1) is 11.8 Å². The van der Waals surface area contributed by atoms with Gasteiger partial charge in [0.25, 0.3) is 0 Å². The molecule has 0 N–H and O–H groups in total. The van der Waals surface area contributed by atoms with Crippen molar-refractivity contribution in [2.75, 3.05) is 13.2 Å². The maximum atomic E-state index is 12.5. The average Bonchev–Trinajstić information content (AvgIpc) is 2.64. The van der Waals surface area contributed by atoms with E-state index in [-0.39, 0.29) is 22.4 Å². The second-order valence-corrected chi connectivity index (χ2v) is 7.94. The van der Waals surface area contributed by atoms with Crippen LogP contribution in [-0.4, -0.2) is 30.5 Å². The molecule has 2 rings (SSSR count). The second kappa shape index (κ2) is 10.6. The van der Waals surface area contributed by atoms with Crippen molar-refractivity contribution < 1.29 is 19.1 Å². The Bertz CT molecular complexity index is 599. The van der Waals surface area contributed by atoms with E-state index in [0.29, 0.717) is 19.1 Å². The molecule has 0 saturated heterocycles. The molecule has 1 aliphatic carbocycles. The highest BCUT2D eigenvalue weighted by atomic mass is 35.5. The van der Waals surface area contributed by atoms with E-state index in [2.05, 4.69) is 13.8 Å². The molecule has 0 bridgehead atoms. The molecule has 2 atom stereocenters. The number of esters is 2. The first-order chi connectivity index (χ1) is 12.5. The Morgan fingerprint density at radius 3 is 2.31 bits per heavy atom. The van der Waals surface area contributed by atoms with Gasteiger partial charge in [-0.05, 0) is 43.7 Å². The van der Waals surface area contributed by atoms with Crippen molar-refractivity contribution in [3.63, 3.8) is 0 Å². The highest BCUT2D eigenvalue weighted by Crippen LogP contribution is 2.29. The van der Waals surface area contributed by atoms with E-state index in [1.54, 1.807) is 24.3 Å². The van der Waals surface area contributed by atoms with Crippen molar-refractivity contribution >= 4 is 23.5 Å². The van der Waals surface area contributed by atoms with Crippen molar-refractivity contribution in [2.24, 2.45) is 11.8 Å². The minimum Gasteiger partial charge on any atom is -0.462 e. The third kappa shape index (κ3) is 6.31. The summed E-state index contributed by atoms with van der Waals surface area (Å²) >= 11 is 6.32. The van der Waals surface area contributed by atoms with Gasteiger partial charge < -0.3 is 9.47 Å². The molecule has 1 aliphatic rings. The van der Waals surface area contributed by atoms with Gasteiger partial charge in [0.05, 0.1) is 24.3 Å². The summed E-state index contributed by atoms with van der Waals surface area (Å²) in [6.45, 7) is 4.91. The SMILES string of the molecule is CC(C)CCCOC(=O)c1ccccc1C(=O)OCC1CCCCC1Cl. The summed E-state index contributed by atoms with van der Waals surface area (Å²) in [5, 5.41) is 0.0534. The molecule has 144 valence electrons. The monoisotopic (exact) mass is 380 g/mol. The minimum absolute atomic E-state index is 0.0534. The van der Waals surface area contributed by atoms with Crippen molar-refractivity contribution in [3.8, 4) is 0 Å². The lowest BCUT2D eigenvalue weighted by atomic mass is 9.89. The van der Waals surface area contributed by atoms with E-state index < -0.39 is 11.9 Å². The summed E-state index contributed by atoms with van der Waals surface area (Å²) in [6, 6.07) is 6.65. The molecule has 1 fully saturated rings. The number of benzene rings is 1. The molecular formula is C21H29ClO4. The van der Waals surface area contributed by atoms with Crippen LogP contribution in [0.5, 0.6) is 0 Å². The average molecular weight is 381 g/mol. The number of ether oxygens (including phenoxy) is 2. The van der Waals surface area contributed by atoms with Crippen LogP contribution >= 0.6 is 11.6 Å². The largest absolute Gasteiger partial charge is 0.462 e. The predicted octanol–water partition coefficient (Wildman–Crippen LogP) is 5.23. The number of carbonyl (C=O) groups is 2. The second-order valence-electron chi connectivity index (χ2n) is 7.38. The van der Waals surface area contributed by atoms with Crippen LogP contribution in [0.2, 0.25) is 0 Å². The van der Waals surface area contributed by atoms with Crippen LogP contribution in [0.1, 0.15) is 73.1 Å². The summed E-state index contributed by atoms with van der Waals surface area (Å²) in [5.41, 5.74) is 0.511. The summed E-state index contributed by atoms with van der Waals surface area (Å²) in [7, 11) is 0. The lowest BCUT2D eigenvalue weighted by Gasteiger charge is -2.26. The number of hydrogen-bond acceptors (Lipinski definition) is 4. The first-order valence-electron chi connectivity index (χ1n) is 9.56. The predicted molar refractivity (Wildman–Crippen MR) is 103 cm³/mol. The Morgan fingerprint density at radius 1 is 1.08 bits per heavy atom. The zero-order valence-corrected chi connectivity index (χ0v) is 16.5. The number of alkyl halides is 1. The molecule has 4 nitrogen and oxygen atoms in total. The molecule has 0 spiro atoms. The van der Waals surface area contributed by atoms with E-state index in [9.17, 15) is 9.59 Å². The summed E-state index contributed by atoms with van der Waals surface area (Å²) in [4.78, 5) is 24.8. The Balaban J connectivity index is 1.92. The maximum absolute atomic E-state index is 12.5. The molecule has 26 heavy (non-hydrogen) atoms. The van der Waals surface area contributed by atoms with Gasteiger partial charge in [-0.3, -0.25) is 0 Å². The highest BCUT2D eigenvalue weighted by Gasteiger charge is 2.26. The first kappa shape index (κ1) is 20.8. The first-order valence-corrected chi connectivity index (χ1v) is 10.00. The van der Waals surface area contributed by atoms with Gasteiger partial charge in [-0.2, -0.15) is 0 Å². The molecule has 0 aromatic heterocycles. The fourth-order valence-corrected chi connectivity index (χ4v) is 3.54. The Labute approximate surface area is 161 Å². The lowest BCUT2D eigenvalue weighted by Crippen LogP contribution is -2.26. The van der Waals surface area contributed by atoms with Crippen molar-refractivity contribution in [3.05, 3.63) is 35.4 Å². The van der Waals surface area contributed by atoms with Crippen LogP contribution in [-0.2, 0) is 9.47 Å². The standard InChI is InChI=1S/C21H29ClO4/c1-15(2)8-7-13-25-20(23)17-10-4-5-11-18(17)21(24)26-14-16-9-3-6-12-19(16)22/h4-5,10-11,15-16,19H,3,6-9,12-14H2,1-2H3. The van der Waals surface area contributed by atoms with Gasteiger partial charge in [0.1, 0.15) is 0 Å². The highest BCUT2D eigenvalue weighted by molar-refractivity contribution is 6.20. The molecule has 1 aromatic rings. The van der Waals surface area contributed by atoms with Gasteiger partial charge in [0, 0.05) is 11.3 Å². The van der Waals surface area contributed by atoms with Crippen molar-refractivity contribution in [2.45, 2.75) is 57.7 Å². The molecule has 5 heteroatoms. The van der Waals surface area contributed by atoms with E-state index in [1.165, 1.54) is 0 Å². The van der Waals surface area contributed by atoms with Gasteiger partial charge in [-0.1, -0.05) is 38.8 Å². The van der Waals surface area contributed by atoms with Gasteiger partial charge in [-0.15, -0.1) is 11.6 Å². The van der Waals surface area contributed by atoms with E-state index in [1.807, 2.05) is 0 Å². The summed E-state index contributed by atoms with van der Waals surface area (Å²) < 4.78 is 10.8. The van der Waals surface area contributed by atoms with Gasteiger partial charge in [0.15, 0.2) is 0 Å². The number of rotatable bonds is 8. The smallest absolute Gasteiger partial charge is 0.339 e. The van der Waals surface area contributed by atoms with Gasteiger partial charge >= 0.3 is 11.9 Å². The molecule has 0 radical (unpaired) electrons. The zero-order chi connectivity index (χ0) is 18.9. The molecule has 1 aromatic carbocycles. The molecule has 2 unspecified atom stereocenters. The van der Waals surface area contributed by atoms with Crippen LogP contribution in [0.3, 0.4) is 0 Å². The van der Waals surface area contributed by atoms with Crippen molar-refractivity contribution in [1.29, 1.82) is 0 Å². The quantitative estimate of drug-likeness (QED) is 0.352. The normalized spacial score (nSPS) is 20.0. The topological polar surface area (TPSA) is 52.6 Å². The molecule has 0 aliphatic heterocycles. The Morgan fingerprint density at radius 2 is 1.69 bits per heavy atom. The van der Waals surface area contributed by atoms with Crippen LogP contribution in [0.4, 0.5) is 0 Å². The van der Waals surface area contributed by atoms with E-state index in [0.717, 1.165) is 38.5 Å². The van der Waals surface area contributed by atoms with Crippen molar-refractivity contribution in [1.82, 2.24) is 0 Å². The summed E-state index contributed by atoms with van der Waals surface area (Å²) in [6.07, 6.45) is 5.99. The van der Waals surface area contributed by atoms with Gasteiger partial charge in [0.2, 0.25) is 0 Å². The van der Waals surface area contributed by atoms with Gasteiger partial charge in [-0.25, -0.2) is 9.59 Å². The van der Waals surface area contributed by atoms with Crippen LogP contribution < -0.4 is 0 Å². The fraction of sp³-hybridized carbons (Fsp3) is 0.619. The third-order valence-corrected chi connectivity index (χ3v) is 5.35. The van der Waals surface area contributed by atoms with E-state index in [4.69, 9.17) is 21.1 Å². The molecular weight excluding hydrogens is 352 g/mol. The maximum Gasteiger partial charge on any atom is 0.339 e. The zero-order valence-electron chi connectivity index (χ0n) is 15.7. The van der Waals surface area contributed by atoms with Crippen LogP contribution in [0.25, 0.3) is 0 Å². The minimum atomic E-state index is -0.492. The molecule has 1 saturated carbocycles. The number of carbonyl (C=O) groups excluding carboxylic acids is 2.